The molecule has 1 atom stereocenters. The second kappa shape index (κ2) is 13.3. The van der Waals surface area contributed by atoms with Crippen LogP contribution in [0.15, 0.2) is 61.1 Å². The Kier molecular flexibility index (Phi) is 9.87. The normalized spacial score (nSPS) is 14.9. The summed E-state index contributed by atoms with van der Waals surface area (Å²) in [6.07, 6.45) is 8.86. The highest BCUT2D eigenvalue weighted by molar-refractivity contribution is 5.45. The highest BCUT2D eigenvalue weighted by atomic mass is 16.1. The average Bonchev–Trinajstić information content (AvgIpc) is 3.30. The molecule has 34 heavy (non-hydrogen) atoms. The van der Waals surface area contributed by atoms with E-state index in [2.05, 4.69) is 59.4 Å². The highest BCUT2D eigenvalue weighted by Gasteiger charge is 2.21. The molecule has 1 aromatic heterocycles. The van der Waals surface area contributed by atoms with Crippen molar-refractivity contribution in [3.63, 3.8) is 0 Å². The van der Waals surface area contributed by atoms with Crippen LogP contribution in [0.2, 0.25) is 0 Å². The maximum absolute atomic E-state index is 10.2. The summed E-state index contributed by atoms with van der Waals surface area (Å²) in [6, 6.07) is 19.2. The van der Waals surface area contributed by atoms with Crippen LogP contribution >= 0.6 is 0 Å². The van der Waals surface area contributed by atoms with Crippen LogP contribution in [0.25, 0.3) is 0 Å². The summed E-state index contributed by atoms with van der Waals surface area (Å²) in [5, 5.41) is 11.4. The first-order valence-electron chi connectivity index (χ1n) is 12.1. The molecule has 0 fully saturated rings. The van der Waals surface area contributed by atoms with E-state index in [0.29, 0.717) is 31.1 Å². The number of nitrogens with one attached hydrogen (secondary N) is 1. The molecule has 6 heteroatoms. The standard InChI is InChI=1S/C14H14N4O.C14H21N/c15-7-12-1-3-13(4-2-12)9-18-10-17-8-14(18)5-6-16-11-19;1-3-4-9-15-11-14-8-6-5-7-13(14)10-12(15)2/h1-4,8,10-11H,5-6,9H2,(H,16,19);5-8,12H,3-4,9-11H2,1-2H3. The van der Waals surface area contributed by atoms with Gasteiger partial charge in [-0.2, -0.15) is 5.26 Å². The Morgan fingerprint density at radius 3 is 2.65 bits per heavy atom. The number of carbonyl (C=O) groups excluding carboxylic acids is 1. The molecule has 0 aliphatic carbocycles. The predicted octanol–water partition coefficient (Wildman–Crippen LogP) is 4.32. The number of benzene rings is 2. The van der Waals surface area contributed by atoms with Gasteiger partial charge in [0.15, 0.2) is 0 Å². The number of rotatable bonds is 9. The molecule has 1 aliphatic rings. The van der Waals surface area contributed by atoms with Crippen LogP contribution in [0.1, 0.15) is 54.6 Å². The van der Waals surface area contributed by atoms with E-state index >= 15 is 0 Å². The van der Waals surface area contributed by atoms with Gasteiger partial charge in [-0.05, 0) is 55.1 Å². The predicted molar refractivity (Wildman–Crippen MR) is 135 cm³/mol. The van der Waals surface area contributed by atoms with Crippen molar-refractivity contribution in [2.24, 2.45) is 0 Å². The van der Waals surface area contributed by atoms with E-state index in [1.54, 1.807) is 30.2 Å². The lowest BCUT2D eigenvalue weighted by atomic mass is 9.95. The van der Waals surface area contributed by atoms with Crippen molar-refractivity contribution in [1.29, 1.82) is 5.26 Å². The number of amides is 1. The van der Waals surface area contributed by atoms with E-state index in [9.17, 15) is 4.79 Å². The SMILES string of the molecule is CCCCN1Cc2ccccc2CC1C.N#Cc1ccc(Cn2cncc2CCNC=O)cc1. The van der Waals surface area contributed by atoms with E-state index < -0.39 is 0 Å². The van der Waals surface area contributed by atoms with Crippen LogP contribution in [-0.4, -0.2) is 40.0 Å². The van der Waals surface area contributed by atoms with Crippen LogP contribution in [-0.2, 0) is 30.7 Å². The smallest absolute Gasteiger partial charge is 0.207 e. The van der Waals surface area contributed by atoms with Crippen molar-refractivity contribution in [1.82, 2.24) is 19.8 Å². The molecule has 0 bridgehead atoms. The molecule has 0 spiro atoms. The molecule has 4 rings (SSSR count). The number of hydrogen-bond acceptors (Lipinski definition) is 4. The number of unbranched alkanes of at least 4 members (excludes halogenated alkanes) is 1. The minimum atomic E-state index is 0.600. The minimum absolute atomic E-state index is 0.600. The number of hydrogen-bond donors (Lipinski definition) is 1. The summed E-state index contributed by atoms with van der Waals surface area (Å²) in [4.78, 5) is 17.0. The van der Waals surface area contributed by atoms with Gasteiger partial charge in [0, 0.05) is 44.0 Å². The third-order valence-corrected chi connectivity index (χ3v) is 6.27. The zero-order valence-electron chi connectivity index (χ0n) is 20.3. The van der Waals surface area contributed by atoms with Crippen molar-refractivity contribution in [3.8, 4) is 6.07 Å². The Morgan fingerprint density at radius 1 is 1.18 bits per heavy atom. The van der Waals surface area contributed by atoms with E-state index in [1.807, 2.05) is 16.7 Å². The highest BCUT2D eigenvalue weighted by Crippen LogP contribution is 2.23. The quantitative estimate of drug-likeness (QED) is 0.383. The lowest BCUT2D eigenvalue weighted by molar-refractivity contribution is -0.109. The molecule has 1 unspecified atom stereocenters. The van der Waals surface area contributed by atoms with Gasteiger partial charge in [0.05, 0.1) is 18.0 Å². The van der Waals surface area contributed by atoms with Crippen LogP contribution < -0.4 is 5.32 Å². The van der Waals surface area contributed by atoms with E-state index in [0.717, 1.165) is 24.2 Å². The maximum Gasteiger partial charge on any atom is 0.207 e. The molecule has 1 N–H and O–H groups in total. The van der Waals surface area contributed by atoms with Gasteiger partial charge in [0.25, 0.3) is 0 Å². The molecule has 6 nitrogen and oxygen atoms in total. The zero-order chi connectivity index (χ0) is 24.2. The fraction of sp³-hybridized carbons (Fsp3) is 0.393. The third-order valence-electron chi connectivity index (χ3n) is 6.27. The molecule has 1 aliphatic heterocycles. The van der Waals surface area contributed by atoms with Crippen molar-refractivity contribution in [2.75, 3.05) is 13.1 Å². The first kappa shape index (κ1) is 25.2. The number of imidazole rings is 1. The summed E-state index contributed by atoms with van der Waals surface area (Å²) >= 11 is 0. The zero-order valence-corrected chi connectivity index (χ0v) is 20.3. The van der Waals surface area contributed by atoms with E-state index in [1.165, 1.54) is 31.4 Å². The second-order valence-corrected chi connectivity index (χ2v) is 8.79. The Morgan fingerprint density at radius 2 is 1.94 bits per heavy atom. The molecule has 2 aromatic carbocycles. The topological polar surface area (TPSA) is 74.0 Å². The molecular weight excluding hydrogens is 422 g/mol. The molecule has 3 aromatic rings. The van der Waals surface area contributed by atoms with Gasteiger partial charge in [-0.3, -0.25) is 9.69 Å². The van der Waals surface area contributed by atoms with Gasteiger partial charge < -0.3 is 9.88 Å². The number of fused-ring (bicyclic) bond motifs is 1. The number of nitriles is 1. The van der Waals surface area contributed by atoms with Gasteiger partial charge in [-0.25, -0.2) is 4.98 Å². The molecule has 0 saturated carbocycles. The molecule has 2 heterocycles. The van der Waals surface area contributed by atoms with Gasteiger partial charge in [0.1, 0.15) is 0 Å². The Bertz CT molecular complexity index is 1070. The van der Waals surface area contributed by atoms with Crippen molar-refractivity contribution < 1.29 is 4.79 Å². The summed E-state index contributed by atoms with van der Waals surface area (Å²) in [6.45, 7) is 8.34. The van der Waals surface area contributed by atoms with Crippen molar-refractivity contribution in [3.05, 3.63) is 89.0 Å². The lowest BCUT2D eigenvalue weighted by Gasteiger charge is -2.34. The Balaban J connectivity index is 0.000000196. The number of nitrogens with zero attached hydrogens (tertiary/aromatic N) is 4. The van der Waals surface area contributed by atoms with E-state index in [-0.39, 0.29) is 0 Å². The lowest BCUT2D eigenvalue weighted by Crippen LogP contribution is -2.38. The molecule has 0 saturated heterocycles. The summed E-state index contributed by atoms with van der Waals surface area (Å²) in [5.74, 6) is 0. The van der Waals surface area contributed by atoms with E-state index in [4.69, 9.17) is 5.26 Å². The fourth-order valence-corrected chi connectivity index (χ4v) is 4.23. The molecule has 178 valence electrons. The Labute approximate surface area is 203 Å². The first-order valence-corrected chi connectivity index (χ1v) is 12.1. The molecular formula is C28H35N5O. The summed E-state index contributed by atoms with van der Waals surface area (Å²) in [7, 11) is 0. The minimum Gasteiger partial charge on any atom is -0.358 e. The van der Waals surface area contributed by atoms with Crippen LogP contribution in [0.4, 0.5) is 0 Å². The molecule has 0 radical (unpaired) electrons. The van der Waals surface area contributed by atoms with Gasteiger partial charge in [-0.1, -0.05) is 49.7 Å². The number of aromatic nitrogens is 2. The van der Waals surface area contributed by atoms with Crippen LogP contribution in [0.5, 0.6) is 0 Å². The fourth-order valence-electron chi connectivity index (χ4n) is 4.23. The molecule has 1 amide bonds. The monoisotopic (exact) mass is 457 g/mol. The van der Waals surface area contributed by atoms with Crippen LogP contribution in [0.3, 0.4) is 0 Å². The number of carbonyl (C=O) groups is 1. The van der Waals surface area contributed by atoms with Crippen LogP contribution in [0, 0.1) is 11.3 Å². The largest absolute Gasteiger partial charge is 0.358 e. The van der Waals surface area contributed by atoms with Gasteiger partial charge in [0.2, 0.25) is 6.41 Å². The van der Waals surface area contributed by atoms with Crippen molar-refractivity contribution in [2.45, 2.75) is 58.7 Å². The summed E-state index contributed by atoms with van der Waals surface area (Å²) in [5.41, 5.74) is 5.93. The Hall–Kier alpha value is -3.43. The summed E-state index contributed by atoms with van der Waals surface area (Å²) < 4.78 is 2.04. The van der Waals surface area contributed by atoms with Gasteiger partial charge in [-0.15, -0.1) is 0 Å². The first-order chi connectivity index (χ1) is 16.6. The third kappa shape index (κ3) is 7.29. The second-order valence-electron chi connectivity index (χ2n) is 8.79. The van der Waals surface area contributed by atoms with Crippen molar-refractivity contribution >= 4 is 6.41 Å². The van der Waals surface area contributed by atoms with Gasteiger partial charge >= 0.3 is 0 Å². The maximum atomic E-state index is 10.2. The average molecular weight is 458 g/mol.